The summed E-state index contributed by atoms with van der Waals surface area (Å²) in [7, 11) is 5.49. The number of urea groups is 1. The highest BCUT2D eigenvalue weighted by Crippen LogP contribution is 2.50. The molecule has 2 aliphatic carbocycles. The number of hydrogen-bond acceptors (Lipinski definition) is 6. The third-order valence-corrected chi connectivity index (χ3v) is 17.3. The van der Waals surface area contributed by atoms with E-state index in [0.29, 0.717) is 18.6 Å². The van der Waals surface area contributed by atoms with Crippen LogP contribution in [0.3, 0.4) is 0 Å². The molecule has 0 saturated carbocycles. The van der Waals surface area contributed by atoms with E-state index < -0.39 is 11.1 Å². The molecule has 4 amide bonds. The summed E-state index contributed by atoms with van der Waals surface area (Å²) in [5.41, 5.74) is 8.59. The highest BCUT2D eigenvalue weighted by Gasteiger charge is 2.61. The van der Waals surface area contributed by atoms with Gasteiger partial charge in [-0.2, -0.15) is 0 Å². The molecule has 4 atom stereocenters. The van der Waals surface area contributed by atoms with E-state index in [1.807, 2.05) is 30.1 Å². The summed E-state index contributed by atoms with van der Waals surface area (Å²) in [6, 6.07) is 44.5. The monoisotopic (exact) mass is 905 g/mol. The van der Waals surface area contributed by atoms with Crippen molar-refractivity contribution in [3.8, 4) is 0 Å². The van der Waals surface area contributed by atoms with Crippen molar-refractivity contribution >= 4 is 50.8 Å². The van der Waals surface area contributed by atoms with Crippen molar-refractivity contribution < 1.29 is 14.4 Å². The molecule has 5 heterocycles. The van der Waals surface area contributed by atoms with Gasteiger partial charge in [-0.25, -0.2) is 4.79 Å². The van der Waals surface area contributed by atoms with Gasteiger partial charge in [0, 0.05) is 81.3 Å². The molecule has 7 aliphatic rings. The highest BCUT2D eigenvalue weighted by atomic mass is 16.2. The smallest absolute Gasteiger partial charge is 0.320 e. The zero-order valence-electron chi connectivity index (χ0n) is 40.0. The van der Waals surface area contributed by atoms with Gasteiger partial charge >= 0.3 is 6.03 Å². The summed E-state index contributed by atoms with van der Waals surface area (Å²) >= 11 is 0. The second-order valence-corrected chi connectivity index (χ2v) is 20.5. The lowest BCUT2D eigenvalue weighted by Crippen LogP contribution is -2.54. The van der Waals surface area contributed by atoms with E-state index in [9.17, 15) is 14.4 Å². The van der Waals surface area contributed by atoms with Crippen LogP contribution in [0.15, 0.2) is 121 Å². The van der Waals surface area contributed by atoms with Gasteiger partial charge < -0.3 is 24.9 Å². The van der Waals surface area contributed by atoms with E-state index in [2.05, 4.69) is 130 Å². The van der Waals surface area contributed by atoms with E-state index in [4.69, 9.17) is 0 Å². The zero-order valence-corrected chi connectivity index (χ0v) is 40.0. The number of carbonyl (C=O) groups excluding carboxylic acids is 3. The van der Waals surface area contributed by atoms with Crippen molar-refractivity contribution in [3.05, 3.63) is 155 Å². The summed E-state index contributed by atoms with van der Waals surface area (Å²) in [6.07, 6.45) is 7.89. The third kappa shape index (κ3) is 6.29. The first-order valence-corrected chi connectivity index (χ1v) is 25.2. The average molecular weight is 906 g/mol. The van der Waals surface area contributed by atoms with Gasteiger partial charge in [0.15, 0.2) is 5.54 Å². The van der Waals surface area contributed by atoms with E-state index >= 15 is 0 Å². The van der Waals surface area contributed by atoms with E-state index in [1.165, 1.54) is 43.8 Å². The molecule has 0 radical (unpaired) electrons. The summed E-state index contributed by atoms with van der Waals surface area (Å²) < 4.78 is 0. The number of carbonyl (C=O) groups is 3. The topological polar surface area (TPSA) is 82.7 Å². The first-order valence-electron chi connectivity index (χ1n) is 25.2. The maximum Gasteiger partial charge on any atom is 0.320 e. The van der Waals surface area contributed by atoms with E-state index in [-0.39, 0.29) is 29.9 Å². The summed E-state index contributed by atoms with van der Waals surface area (Å²) in [5, 5.41) is 9.03. The number of nitrogens with zero attached hydrogens (tertiary/aromatic N) is 6. The minimum Gasteiger partial charge on any atom is -0.324 e. The third-order valence-electron chi connectivity index (χ3n) is 17.3. The Morgan fingerprint density at radius 3 is 1.53 bits per heavy atom. The normalized spacial score (nSPS) is 25.9. The number of amides is 4. The molecule has 4 unspecified atom stereocenters. The molecule has 1 N–H and O–H groups in total. The largest absolute Gasteiger partial charge is 0.324 e. The Labute approximate surface area is 400 Å². The Kier molecular flexibility index (Phi) is 10.5. The number of likely N-dealkylation sites (tertiary alicyclic amines) is 2. The molecular weight excluding hydrogens is 843 g/mol. The molecule has 68 heavy (non-hydrogen) atoms. The Morgan fingerprint density at radius 2 is 1.04 bits per heavy atom. The number of hydrogen-bond donors (Lipinski definition) is 1. The zero-order chi connectivity index (χ0) is 46.5. The van der Waals surface area contributed by atoms with Crippen LogP contribution in [0.25, 0.3) is 21.5 Å². The molecule has 0 bridgehead atoms. The lowest BCUT2D eigenvalue weighted by atomic mass is 9.87. The minimum atomic E-state index is -0.914. The van der Waals surface area contributed by atoms with Gasteiger partial charge in [0.1, 0.15) is 5.54 Å². The van der Waals surface area contributed by atoms with Crippen molar-refractivity contribution in [3.63, 3.8) is 0 Å². The van der Waals surface area contributed by atoms with Gasteiger partial charge in [-0.3, -0.25) is 19.4 Å². The Morgan fingerprint density at radius 1 is 0.574 bits per heavy atom. The van der Waals surface area contributed by atoms with Crippen molar-refractivity contribution in [2.45, 2.75) is 93.5 Å². The lowest BCUT2D eigenvalue weighted by molar-refractivity contribution is -0.127. The van der Waals surface area contributed by atoms with Crippen LogP contribution in [0.4, 0.5) is 16.2 Å². The van der Waals surface area contributed by atoms with Crippen LogP contribution in [-0.2, 0) is 33.5 Å². The summed E-state index contributed by atoms with van der Waals surface area (Å²) in [5.74, 6) is 0.292. The van der Waals surface area contributed by atoms with Gasteiger partial charge in [-0.1, -0.05) is 123 Å². The summed E-state index contributed by atoms with van der Waals surface area (Å²) in [4.78, 5) is 53.5. The fourth-order valence-corrected chi connectivity index (χ4v) is 14.0. The van der Waals surface area contributed by atoms with E-state index in [1.54, 1.807) is 23.9 Å². The molecule has 6 aromatic carbocycles. The molecule has 0 aromatic heterocycles. The second-order valence-electron chi connectivity index (χ2n) is 20.5. The van der Waals surface area contributed by atoms with Gasteiger partial charge in [0.2, 0.25) is 0 Å². The fourth-order valence-electron chi connectivity index (χ4n) is 14.0. The standard InChI is InChI=1S/C29H30N4O2.C29H33N3O/c1-30-18-29(31(2)28(30)35)23-11-3-4-12-24(23)33(27(29)34)21-13-15-32(16-14-21)25-17-20-9-5-7-19-8-6-10-22(25)26(19)20;1-3-16-29(30-2)24-12-4-5-13-25(24)32(28(29)33)22-14-17-31(18-15-22)26-19-21-10-6-8-20-9-7-11-23(26)27(20)21/h3-12,21,25H,13-18H2,1-2H3;4-13,22,26,30H,3,14-19H2,1-2H3. The molecule has 10 nitrogen and oxygen atoms in total. The maximum absolute atomic E-state index is 14.1. The Bertz CT molecular complexity index is 2980. The van der Waals surface area contributed by atoms with Crippen molar-refractivity contribution in [2.24, 2.45) is 0 Å². The molecule has 348 valence electrons. The molecular formula is C58H63N7O3. The van der Waals surface area contributed by atoms with Crippen LogP contribution in [0, 0.1) is 0 Å². The van der Waals surface area contributed by atoms with Crippen LogP contribution in [0.2, 0.25) is 0 Å². The van der Waals surface area contributed by atoms with E-state index in [0.717, 1.165) is 100 Å². The number of nitrogens with one attached hydrogen (secondary N) is 1. The van der Waals surface area contributed by atoms with Gasteiger partial charge in [-0.15, -0.1) is 0 Å². The van der Waals surface area contributed by atoms with Gasteiger partial charge in [0.05, 0.1) is 12.2 Å². The molecule has 10 heteroatoms. The van der Waals surface area contributed by atoms with Crippen LogP contribution >= 0.6 is 0 Å². The number of benzene rings is 6. The predicted octanol–water partition coefficient (Wildman–Crippen LogP) is 9.30. The van der Waals surface area contributed by atoms with Crippen LogP contribution < -0.4 is 15.1 Å². The van der Waals surface area contributed by atoms with Gasteiger partial charge in [0.25, 0.3) is 11.8 Å². The molecule has 1 spiro atoms. The fraction of sp³-hybridized carbons (Fsp3) is 0.397. The van der Waals surface area contributed by atoms with Crippen molar-refractivity contribution in [2.75, 3.05) is 63.7 Å². The quantitative estimate of drug-likeness (QED) is 0.172. The first kappa shape index (κ1) is 43.2. The van der Waals surface area contributed by atoms with Crippen molar-refractivity contribution in [1.29, 1.82) is 0 Å². The number of rotatable bonds is 7. The SMILES string of the molecule is CCCC1(NC)C(=O)N(C2CCN(C3Cc4cccc5cccc3c45)CC2)c2ccccc21.CN1CC2(C(=O)N(C3CCN(C4Cc5cccc6cccc4c56)CC3)c3ccccc32)N(C)C1=O. The highest BCUT2D eigenvalue weighted by molar-refractivity contribution is 6.11. The number of para-hydroxylation sites is 2. The maximum atomic E-state index is 14.1. The molecule has 13 rings (SSSR count). The first-order chi connectivity index (χ1) is 33.2. The number of fused-ring (bicyclic) bond motifs is 3. The molecule has 5 aliphatic heterocycles. The average Bonchev–Trinajstić information content (AvgIpc) is 4.13. The molecule has 3 saturated heterocycles. The number of likely N-dealkylation sites (N-methyl/N-ethyl adjacent to an activating group) is 3. The summed E-state index contributed by atoms with van der Waals surface area (Å²) in [6.45, 7) is 6.56. The van der Waals surface area contributed by atoms with Gasteiger partial charge in [-0.05, 0) is 108 Å². The lowest BCUT2D eigenvalue weighted by Gasteiger charge is -2.40. The van der Waals surface area contributed by atoms with Crippen molar-refractivity contribution in [1.82, 2.24) is 24.9 Å². The van der Waals surface area contributed by atoms with Crippen LogP contribution in [0.5, 0.6) is 0 Å². The number of piperidine rings is 2. The predicted molar refractivity (Wildman–Crippen MR) is 271 cm³/mol. The second kappa shape index (κ2) is 16.6. The Balaban J connectivity index is 0.000000141. The molecule has 6 aromatic rings. The number of anilines is 2. The van der Waals surface area contributed by atoms with Crippen LogP contribution in [0.1, 0.15) is 90.9 Å². The Hall–Kier alpha value is -6.07. The van der Waals surface area contributed by atoms with Crippen LogP contribution in [-0.4, -0.2) is 103 Å². The molecule has 3 fully saturated rings. The minimum absolute atomic E-state index is 0.0513.